The maximum Gasteiger partial charge on any atom is 0.253 e. The van der Waals surface area contributed by atoms with E-state index in [9.17, 15) is 4.79 Å². The molecule has 2 N–H and O–H groups in total. The molecular weight excluding hydrogens is 298 g/mol. The van der Waals surface area contributed by atoms with E-state index in [0.29, 0.717) is 6.54 Å². The Morgan fingerprint density at radius 3 is 2.33 bits per heavy atom. The van der Waals surface area contributed by atoms with Crippen LogP contribution in [0.2, 0.25) is 0 Å². The number of rotatable bonds is 4. The van der Waals surface area contributed by atoms with Crippen LogP contribution in [0.3, 0.4) is 0 Å². The number of piperazine rings is 1. The Balaban J connectivity index is 1.55. The van der Waals surface area contributed by atoms with Gasteiger partial charge < -0.3 is 10.6 Å². The van der Waals surface area contributed by atoms with Crippen LogP contribution in [0.15, 0.2) is 48.5 Å². The molecule has 3 rings (SSSR count). The highest BCUT2D eigenvalue weighted by molar-refractivity contribution is 5.94. The van der Waals surface area contributed by atoms with E-state index in [2.05, 4.69) is 36.1 Å². The van der Waals surface area contributed by atoms with Crippen LogP contribution < -0.4 is 5.73 Å². The first-order chi connectivity index (χ1) is 11.7. The summed E-state index contributed by atoms with van der Waals surface area (Å²) in [6.45, 7) is 6.98. The number of benzene rings is 2. The highest BCUT2D eigenvalue weighted by atomic mass is 16.2. The molecule has 1 saturated heterocycles. The number of hydrogen-bond donors (Lipinski definition) is 1. The van der Waals surface area contributed by atoms with E-state index in [-0.39, 0.29) is 5.91 Å². The number of hydrogen-bond acceptors (Lipinski definition) is 3. The van der Waals surface area contributed by atoms with Crippen molar-refractivity contribution in [1.82, 2.24) is 9.80 Å². The standard InChI is InChI=1S/C20H25N3O/c1-16-3-2-4-18(13-16)15-22-9-11-23(12-10-22)20(24)19-7-5-17(14-21)6-8-19/h2-8,13H,9-12,14-15,21H2,1H3. The van der Waals surface area contributed by atoms with Gasteiger partial charge in [0.15, 0.2) is 0 Å². The molecule has 0 atom stereocenters. The molecule has 1 amide bonds. The van der Waals surface area contributed by atoms with Crippen LogP contribution in [0.1, 0.15) is 27.0 Å². The van der Waals surface area contributed by atoms with Gasteiger partial charge in [0.1, 0.15) is 0 Å². The zero-order valence-electron chi connectivity index (χ0n) is 14.2. The summed E-state index contributed by atoms with van der Waals surface area (Å²) in [6.07, 6.45) is 0. The van der Waals surface area contributed by atoms with Gasteiger partial charge in [-0.2, -0.15) is 0 Å². The van der Waals surface area contributed by atoms with Crippen LogP contribution in [0.5, 0.6) is 0 Å². The number of aryl methyl sites for hydroxylation is 1. The highest BCUT2D eigenvalue weighted by Crippen LogP contribution is 2.13. The van der Waals surface area contributed by atoms with Crippen LogP contribution in [0.4, 0.5) is 0 Å². The average molecular weight is 323 g/mol. The quantitative estimate of drug-likeness (QED) is 0.940. The summed E-state index contributed by atoms with van der Waals surface area (Å²) in [6, 6.07) is 16.3. The molecule has 126 valence electrons. The molecule has 0 spiro atoms. The van der Waals surface area contributed by atoms with Crippen LogP contribution >= 0.6 is 0 Å². The van der Waals surface area contributed by atoms with Crippen molar-refractivity contribution in [2.45, 2.75) is 20.0 Å². The summed E-state index contributed by atoms with van der Waals surface area (Å²) in [7, 11) is 0. The molecule has 0 bridgehead atoms. The minimum absolute atomic E-state index is 0.119. The van der Waals surface area contributed by atoms with Crippen molar-refractivity contribution in [3.63, 3.8) is 0 Å². The zero-order valence-corrected chi connectivity index (χ0v) is 14.2. The molecule has 1 aliphatic heterocycles. The van der Waals surface area contributed by atoms with Crippen LogP contribution in [-0.4, -0.2) is 41.9 Å². The lowest BCUT2D eigenvalue weighted by molar-refractivity contribution is 0.0628. The lowest BCUT2D eigenvalue weighted by Crippen LogP contribution is -2.48. The first-order valence-corrected chi connectivity index (χ1v) is 8.52. The number of carbonyl (C=O) groups excluding carboxylic acids is 1. The van der Waals surface area contributed by atoms with Crippen LogP contribution in [-0.2, 0) is 13.1 Å². The Morgan fingerprint density at radius 2 is 1.71 bits per heavy atom. The van der Waals surface area contributed by atoms with E-state index < -0.39 is 0 Å². The SMILES string of the molecule is Cc1cccc(CN2CCN(C(=O)c3ccc(CN)cc3)CC2)c1. The Kier molecular flexibility index (Phi) is 5.28. The smallest absolute Gasteiger partial charge is 0.253 e. The molecule has 0 aromatic heterocycles. The Labute approximate surface area is 143 Å². The van der Waals surface area contributed by atoms with Gasteiger partial charge in [-0.1, -0.05) is 42.0 Å². The Morgan fingerprint density at radius 1 is 1.00 bits per heavy atom. The van der Waals surface area contributed by atoms with E-state index in [1.54, 1.807) is 0 Å². The lowest BCUT2D eigenvalue weighted by Gasteiger charge is -2.34. The fourth-order valence-corrected chi connectivity index (χ4v) is 3.14. The third kappa shape index (κ3) is 4.02. The van der Waals surface area contributed by atoms with Gasteiger partial charge in [-0.05, 0) is 30.2 Å². The molecule has 4 nitrogen and oxygen atoms in total. The van der Waals surface area contributed by atoms with Crippen molar-refractivity contribution in [1.29, 1.82) is 0 Å². The van der Waals surface area contributed by atoms with Gasteiger partial charge >= 0.3 is 0 Å². The second-order valence-electron chi connectivity index (χ2n) is 6.46. The monoisotopic (exact) mass is 323 g/mol. The molecule has 0 saturated carbocycles. The van der Waals surface area contributed by atoms with E-state index >= 15 is 0 Å². The van der Waals surface area contributed by atoms with Crippen LogP contribution in [0, 0.1) is 6.92 Å². The summed E-state index contributed by atoms with van der Waals surface area (Å²) in [5.74, 6) is 0.119. The average Bonchev–Trinajstić information content (AvgIpc) is 2.62. The maximum absolute atomic E-state index is 12.6. The van der Waals surface area contributed by atoms with E-state index in [1.807, 2.05) is 29.2 Å². The van der Waals surface area contributed by atoms with Crippen molar-refractivity contribution in [3.05, 3.63) is 70.8 Å². The number of amides is 1. The molecule has 0 aliphatic carbocycles. The van der Waals surface area contributed by atoms with Gasteiger partial charge in [-0.15, -0.1) is 0 Å². The molecule has 1 heterocycles. The largest absolute Gasteiger partial charge is 0.336 e. The highest BCUT2D eigenvalue weighted by Gasteiger charge is 2.22. The third-order valence-corrected chi connectivity index (χ3v) is 4.58. The van der Waals surface area contributed by atoms with Crippen LogP contribution in [0.25, 0.3) is 0 Å². The second kappa shape index (κ2) is 7.60. The minimum atomic E-state index is 0.119. The molecule has 2 aromatic rings. The van der Waals surface area contributed by atoms with Gasteiger partial charge in [0.05, 0.1) is 0 Å². The van der Waals surface area contributed by atoms with E-state index in [0.717, 1.165) is 43.9 Å². The summed E-state index contributed by atoms with van der Waals surface area (Å²) in [5, 5.41) is 0. The normalized spacial score (nSPS) is 15.5. The van der Waals surface area contributed by atoms with Crippen molar-refractivity contribution in [2.24, 2.45) is 5.73 Å². The fraction of sp³-hybridized carbons (Fsp3) is 0.350. The lowest BCUT2D eigenvalue weighted by atomic mass is 10.1. The third-order valence-electron chi connectivity index (χ3n) is 4.58. The molecule has 2 aromatic carbocycles. The predicted octanol–water partition coefficient (Wildman–Crippen LogP) is 2.41. The first kappa shape index (κ1) is 16.7. The summed E-state index contributed by atoms with van der Waals surface area (Å²) in [4.78, 5) is 16.9. The van der Waals surface area contributed by atoms with Crippen molar-refractivity contribution >= 4 is 5.91 Å². The van der Waals surface area contributed by atoms with Crippen molar-refractivity contribution in [2.75, 3.05) is 26.2 Å². The molecule has 1 aliphatic rings. The molecule has 1 fully saturated rings. The van der Waals surface area contributed by atoms with Gasteiger partial charge in [-0.25, -0.2) is 0 Å². The fourth-order valence-electron chi connectivity index (χ4n) is 3.14. The zero-order chi connectivity index (χ0) is 16.9. The van der Waals surface area contributed by atoms with E-state index in [4.69, 9.17) is 5.73 Å². The van der Waals surface area contributed by atoms with Crippen molar-refractivity contribution < 1.29 is 4.79 Å². The number of nitrogens with zero attached hydrogens (tertiary/aromatic N) is 2. The second-order valence-corrected chi connectivity index (χ2v) is 6.46. The molecular formula is C20H25N3O. The van der Waals surface area contributed by atoms with Crippen molar-refractivity contribution in [3.8, 4) is 0 Å². The van der Waals surface area contributed by atoms with E-state index in [1.165, 1.54) is 11.1 Å². The molecule has 0 unspecified atom stereocenters. The maximum atomic E-state index is 12.6. The van der Waals surface area contributed by atoms with Gasteiger partial charge in [0.25, 0.3) is 5.91 Å². The Bertz CT molecular complexity index is 688. The number of carbonyl (C=O) groups is 1. The minimum Gasteiger partial charge on any atom is -0.336 e. The predicted molar refractivity (Wildman–Crippen MR) is 96.7 cm³/mol. The van der Waals surface area contributed by atoms with Gasteiger partial charge in [-0.3, -0.25) is 9.69 Å². The number of nitrogens with two attached hydrogens (primary N) is 1. The van der Waals surface area contributed by atoms with Gasteiger partial charge in [0, 0.05) is 44.8 Å². The molecule has 0 radical (unpaired) electrons. The first-order valence-electron chi connectivity index (χ1n) is 8.52. The van der Waals surface area contributed by atoms with Gasteiger partial charge in [0.2, 0.25) is 0 Å². The summed E-state index contributed by atoms with van der Waals surface area (Å²) >= 11 is 0. The molecule has 4 heteroatoms. The summed E-state index contributed by atoms with van der Waals surface area (Å²) in [5.41, 5.74) is 10.0. The topological polar surface area (TPSA) is 49.6 Å². The summed E-state index contributed by atoms with van der Waals surface area (Å²) < 4.78 is 0. The molecule has 24 heavy (non-hydrogen) atoms. The Hall–Kier alpha value is -2.17.